The summed E-state index contributed by atoms with van der Waals surface area (Å²) >= 11 is 0. The molecule has 1 aliphatic heterocycles. The van der Waals surface area contributed by atoms with Gasteiger partial charge in [-0.15, -0.1) is 0 Å². The van der Waals surface area contributed by atoms with Crippen molar-refractivity contribution >= 4 is 0 Å². The maximum atomic E-state index is 10.2. The van der Waals surface area contributed by atoms with Gasteiger partial charge in [0, 0.05) is 43.3 Å². The molecule has 0 bridgehead atoms. The van der Waals surface area contributed by atoms with Crippen LogP contribution in [0.3, 0.4) is 0 Å². The molecule has 20 heavy (non-hydrogen) atoms. The van der Waals surface area contributed by atoms with Gasteiger partial charge in [0.1, 0.15) is 11.5 Å². The molecule has 1 heterocycles. The monoisotopic (exact) mass is 278 g/mol. The summed E-state index contributed by atoms with van der Waals surface area (Å²) in [5, 5.41) is 10.2. The summed E-state index contributed by atoms with van der Waals surface area (Å²) in [7, 11) is 3.81. The molecular formula is C16H26N2O2. The van der Waals surface area contributed by atoms with E-state index in [2.05, 4.69) is 30.7 Å². The number of piperazine rings is 1. The molecule has 1 saturated heterocycles. The predicted octanol–water partition coefficient (Wildman–Crippen LogP) is 2.49. The number of aromatic hydroxyl groups is 1. The molecule has 1 aromatic rings. The summed E-state index contributed by atoms with van der Waals surface area (Å²) in [5.41, 5.74) is 0.977. The van der Waals surface area contributed by atoms with Crippen LogP contribution in [0.25, 0.3) is 0 Å². The highest BCUT2D eigenvalue weighted by Crippen LogP contribution is 2.32. The summed E-state index contributed by atoms with van der Waals surface area (Å²) in [5.74, 6) is 1.02. The third-order valence-electron chi connectivity index (χ3n) is 4.52. The lowest BCUT2D eigenvalue weighted by atomic mass is 10.0. The number of phenols is 1. The van der Waals surface area contributed by atoms with E-state index in [-0.39, 0.29) is 6.04 Å². The quantitative estimate of drug-likeness (QED) is 0.918. The third kappa shape index (κ3) is 3.07. The molecule has 112 valence electrons. The molecule has 0 amide bonds. The van der Waals surface area contributed by atoms with Gasteiger partial charge in [-0.05, 0) is 26.5 Å². The first-order valence-electron chi connectivity index (χ1n) is 7.38. The van der Waals surface area contributed by atoms with Crippen molar-refractivity contribution in [3.63, 3.8) is 0 Å². The fourth-order valence-electron chi connectivity index (χ4n) is 2.96. The first-order valence-corrected chi connectivity index (χ1v) is 7.38. The summed E-state index contributed by atoms with van der Waals surface area (Å²) < 4.78 is 5.14. The molecule has 1 N–H and O–H groups in total. The smallest absolute Gasteiger partial charge is 0.124 e. The van der Waals surface area contributed by atoms with E-state index in [1.165, 1.54) is 0 Å². The largest absolute Gasteiger partial charge is 0.507 e. The number of hydrogen-bond acceptors (Lipinski definition) is 4. The number of methoxy groups -OCH3 is 1. The van der Waals surface area contributed by atoms with Crippen LogP contribution in [-0.2, 0) is 0 Å². The maximum Gasteiger partial charge on any atom is 0.124 e. The Morgan fingerprint density at radius 3 is 2.75 bits per heavy atom. The average Bonchev–Trinajstić information content (AvgIpc) is 2.47. The topological polar surface area (TPSA) is 35.9 Å². The van der Waals surface area contributed by atoms with E-state index in [1.54, 1.807) is 13.2 Å². The molecule has 2 atom stereocenters. The third-order valence-corrected chi connectivity index (χ3v) is 4.52. The van der Waals surface area contributed by atoms with Crippen LogP contribution >= 0.6 is 0 Å². The van der Waals surface area contributed by atoms with Crippen LogP contribution in [0.4, 0.5) is 0 Å². The molecule has 2 unspecified atom stereocenters. The maximum absolute atomic E-state index is 10.2. The summed E-state index contributed by atoms with van der Waals surface area (Å²) in [6.45, 7) is 7.58. The van der Waals surface area contributed by atoms with Gasteiger partial charge in [-0.3, -0.25) is 4.90 Å². The second-order valence-corrected chi connectivity index (χ2v) is 5.64. The zero-order chi connectivity index (χ0) is 14.7. The molecule has 0 spiro atoms. The fourth-order valence-corrected chi connectivity index (χ4v) is 2.96. The molecule has 0 aliphatic carbocycles. The molecule has 4 heteroatoms. The van der Waals surface area contributed by atoms with Crippen LogP contribution in [0.1, 0.15) is 31.9 Å². The number of nitrogens with zero attached hydrogens (tertiary/aromatic N) is 2. The Kier molecular flexibility index (Phi) is 4.89. The molecule has 1 fully saturated rings. The summed E-state index contributed by atoms with van der Waals surface area (Å²) in [4.78, 5) is 4.88. The SMILES string of the molecule is CCC1CN(C(C)c2ccc(OC)cc2O)CCN1C. The van der Waals surface area contributed by atoms with Gasteiger partial charge in [0.15, 0.2) is 0 Å². The van der Waals surface area contributed by atoms with Crippen LogP contribution in [0.15, 0.2) is 18.2 Å². The predicted molar refractivity (Wildman–Crippen MR) is 81.4 cm³/mol. The van der Waals surface area contributed by atoms with Gasteiger partial charge in [-0.25, -0.2) is 0 Å². The Labute approximate surface area is 122 Å². The van der Waals surface area contributed by atoms with Crippen molar-refractivity contribution in [2.24, 2.45) is 0 Å². The van der Waals surface area contributed by atoms with Crippen molar-refractivity contribution in [2.45, 2.75) is 32.4 Å². The molecule has 1 aliphatic rings. The van der Waals surface area contributed by atoms with Crippen molar-refractivity contribution in [3.8, 4) is 11.5 Å². The lowest BCUT2D eigenvalue weighted by Gasteiger charge is -2.42. The van der Waals surface area contributed by atoms with Gasteiger partial charge >= 0.3 is 0 Å². The van der Waals surface area contributed by atoms with Crippen molar-refractivity contribution in [1.82, 2.24) is 9.80 Å². The Morgan fingerprint density at radius 1 is 1.40 bits per heavy atom. The number of benzene rings is 1. The Hall–Kier alpha value is -1.26. The standard InChI is InChI=1S/C16H26N2O2/c1-5-13-11-18(9-8-17(13)3)12(2)15-7-6-14(20-4)10-16(15)19/h6-7,10,12-13,19H,5,8-9,11H2,1-4H3. The van der Waals surface area contributed by atoms with E-state index in [0.29, 0.717) is 17.5 Å². The second-order valence-electron chi connectivity index (χ2n) is 5.64. The van der Waals surface area contributed by atoms with Crippen molar-refractivity contribution in [1.29, 1.82) is 0 Å². The number of hydrogen-bond donors (Lipinski definition) is 1. The molecule has 2 rings (SSSR count). The Morgan fingerprint density at radius 2 is 2.15 bits per heavy atom. The van der Waals surface area contributed by atoms with E-state index < -0.39 is 0 Å². The van der Waals surface area contributed by atoms with Crippen molar-refractivity contribution < 1.29 is 9.84 Å². The van der Waals surface area contributed by atoms with Crippen molar-refractivity contribution in [3.05, 3.63) is 23.8 Å². The van der Waals surface area contributed by atoms with E-state index in [1.807, 2.05) is 12.1 Å². The number of phenolic OH excluding ortho intramolecular Hbond substituents is 1. The lowest BCUT2D eigenvalue weighted by Crippen LogP contribution is -2.51. The van der Waals surface area contributed by atoms with E-state index >= 15 is 0 Å². The van der Waals surface area contributed by atoms with Crippen LogP contribution in [-0.4, -0.2) is 54.7 Å². The lowest BCUT2D eigenvalue weighted by molar-refractivity contribution is 0.0667. The Bertz CT molecular complexity index is 450. The molecular weight excluding hydrogens is 252 g/mol. The normalized spacial score (nSPS) is 22.7. The highest BCUT2D eigenvalue weighted by molar-refractivity contribution is 5.41. The molecule has 0 radical (unpaired) electrons. The Balaban J connectivity index is 2.13. The highest BCUT2D eigenvalue weighted by atomic mass is 16.5. The van der Waals surface area contributed by atoms with Crippen LogP contribution in [0.5, 0.6) is 11.5 Å². The molecule has 1 aromatic carbocycles. The zero-order valence-electron chi connectivity index (χ0n) is 13.0. The number of ether oxygens (including phenoxy) is 1. The van der Waals surface area contributed by atoms with Crippen LogP contribution < -0.4 is 4.74 Å². The zero-order valence-corrected chi connectivity index (χ0v) is 13.0. The second kappa shape index (κ2) is 6.46. The van der Waals surface area contributed by atoms with Gasteiger partial charge in [0.25, 0.3) is 0 Å². The van der Waals surface area contributed by atoms with E-state index in [0.717, 1.165) is 31.6 Å². The minimum Gasteiger partial charge on any atom is -0.507 e. The van der Waals surface area contributed by atoms with Gasteiger partial charge in [0.2, 0.25) is 0 Å². The first kappa shape index (κ1) is 15.1. The number of rotatable bonds is 4. The van der Waals surface area contributed by atoms with Crippen molar-refractivity contribution in [2.75, 3.05) is 33.8 Å². The molecule has 4 nitrogen and oxygen atoms in total. The first-order chi connectivity index (χ1) is 9.56. The van der Waals surface area contributed by atoms with E-state index in [9.17, 15) is 5.11 Å². The summed E-state index contributed by atoms with van der Waals surface area (Å²) in [6, 6.07) is 6.41. The minimum absolute atomic E-state index is 0.226. The average molecular weight is 278 g/mol. The van der Waals surface area contributed by atoms with Gasteiger partial charge in [0.05, 0.1) is 7.11 Å². The van der Waals surface area contributed by atoms with Crippen LogP contribution in [0, 0.1) is 0 Å². The number of likely N-dealkylation sites (N-methyl/N-ethyl adjacent to an activating group) is 1. The van der Waals surface area contributed by atoms with Crippen LogP contribution in [0.2, 0.25) is 0 Å². The fraction of sp³-hybridized carbons (Fsp3) is 0.625. The van der Waals surface area contributed by atoms with Gasteiger partial charge in [-0.2, -0.15) is 0 Å². The highest BCUT2D eigenvalue weighted by Gasteiger charge is 2.27. The minimum atomic E-state index is 0.226. The molecule has 0 saturated carbocycles. The van der Waals surface area contributed by atoms with Gasteiger partial charge in [-0.1, -0.05) is 13.0 Å². The van der Waals surface area contributed by atoms with Gasteiger partial charge < -0.3 is 14.7 Å². The summed E-state index contributed by atoms with van der Waals surface area (Å²) in [6.07, 6.45) is 1.16. The van der Waals surface area contributed by atoms with E-state index in [4.69, 9.17) is 4.74 Å². The molecule has 0 aromatic heterocycles.